The van der Waals surface area contributed by atoms with Crippen molar-refractivity contribution in [1.29, 1.82) is 5.26 Å². The molecule has 0 amide bonds. The number of hydrogen-bond acceptors (Lipinski definition) is 4. The Kier molecular flexibility index (Phi) is 3.81. The van der Waals surface area contributed by atoms with E-state index in [1.54, 1.807) is 0 Å². The summed E-state index contributed by atoms with van der Waals surface area (Å²) in [5, 5.41) is 9.58. The van der Waals surface area contributed by atoms with Gasteiger partial charge in [0.25, 0.3) is 0 Å². The van der Waals surface area contributed by atoms with Gasteiger partial charge in [-0.3, -0.25) is 4.40 Å². The van der Waals surface area contributed by atoms with Crippen LogP contribution in [0.2, 0.25) is 0 Å². The van der Waals surface area contributed by atoms with Gasteiger partial charge < -0.3 is 9.80 Å². The monoisotopic (exact) mass is 331 g/mol. The highest BCUT2D eigenvalue weighted by molar-refractivity contribution is 5.62. The molecule has 126 valence electrons. The quantitative estimate of drug-likeness (QED) is 0.724. The van der Waals surface area contributed by atoms with Crippen LogP contribution in [0.1, 0.15) is 16.8 Å². The fourth-order valence-electron chi connectivity index (χ4n) is 3.55. The fourth-order valence-corrected chi connectivity index (χ4v) is 3.55. The Bertz CT molecular complexity index is 958. The number of fused-ring (bicyclic) bond motifs is 1. The number of pyridine rings is 1. The van der Waals surface area contributed by atoms with Gasteiger partial charge in [-0.1, -0.05) is 18.2 Å². The maximum absolute atomic E-state index is 9.58. The van der Waals surface area contributed by atoms with E-state index in [-0.39, 0.29) is 0 Å². The molecule has 0 saturated carbocycles. The van der Waals surface area contributed by atoms with Gasteiger partial charge in [0.05, 0.1) is 0 Å². The van der Waals surface area contributed by atoms with E-state index in [9.17, 15) is 5.26 Å². The number of imidazole rings is 1. The van der Waals surface area contributed by atoms with E-state index in [0.717, 1.165) is 37.6 Å². The van der Waals surface area contributed by atoms with Gasteiger partial charge in [0, 0.05) is 38.1 Å². The van der Waals surface area contributed by atoms with Gasteiger partial charge in [-0.15, -0.1) is 0 Å². The van der Waals surface area contributed by atoms with Gasteiger partial charge in [-0.25, -0.2) is 4.98 Å². The number of hydrogen-bond donors (Lipinski definition) is 0. The van der Waals surface area contributed by atoms with Crippen LogP contribution in [0.4, 0.5) is 11.5 Å². The number of aromatic nitrogens is 2. The van der Waals surface area contributed by atoms with Crippen LogP contribution in [0.25, 0.3) is 5.65 Å². The van der Waals surface area contributed by atoms with Gasteiger partial charge in [-0.05, 0) is 43.2 Å². The van der Waals surface area contributed by atoms with Gasteiger partial charge in [0.2, 0.25) is 0 Å². The second-order valence-electron chi connectivity index (χ2n) is 6.52. The van der Waals surface area contributed by atoms with Crippen LogP contribution in [-0.2, 0) is 0 Å². The van der Waals surface area contributed by atoms with Crippen molar-refractivity contribution in [1.82, 2.24) is 9.38 Å². The average molecular weight is 331 g/mol. The summed E-state index contributed by atoms with van der Waals surface area (Å²) in [6, 6.07) is 14.6. The molecule has 1 fully saturated rings. The molecule has 1 aliphatic heterocycles. The number of piperazine rings is 1. The molecule has 1 saturated heterocycles. The topological polar surface area (TPSA) is 47.6 Å². The average Bonchev–Trinajstić information content (AvgIpc) is 3.03. The zero-order valence-corrected chi connectivity index (χ0v) is 14.6. The van der Waals surface area contributed by atoms with Crippen LogP contribution in [0.15, 0.2) is 42.6 Å². The predicted molar refractivity (Wildman–Crippen MR) is 100 cm³/mol. The molecule has 2 aromatic heterocycles. The van der Waals surface area contributed by atoms with E-state index >= 15 is 0 Å². The first-order valence-electron chi connectivity index (χ1n) is 8.62. The van der Waals surface area contributed by atoms with Crippen LogP contribution < -0.4 is 9.80 Å². The lowest BCUT2D eigenvalue weighted by molar-refractivity contribution is 0.647. The van der Waals surface area contributed by atoms with Gasteiger partial charge in [-0.2, -0.15) is 5.26 Å². The summed E-state index contributed by atoms with van der Waals surface area (Å²) in [6.45, 7) is 7.95. The van der Waals surface area contributed by atoms with Crippen molar-refractivity contribution in [2.45, 2.75) is 13.8 Å². The molecule has 25 heavy (non-hydrogen) atoms. The molecule has 5 heteroatoms. The molecular formula is C20H21N5. The molecule has 0 radical (unpaired) electrons. The summed E-state index contributed by atoms with van der Waals surface area (Å²) >= 11 is 0. The second-order valence-corrected chi connectivity index (χ2v) is 6.52. The van der Waals surface area contributed by atoms with Crippen molar-refractivity contribution in [3.8, 4) is 6.07 Å². The highest BCUT2D eigenvalue weighted by Gasteiger charge is 2.23. The van der Waals surface area contributed by atoms with Crippen molar-refractivity contribution < 1.29 is 0 Å². The molecule has 0 unspecified atom stereocenters. The molecule has 0 bridgehead atoms. The Hall–Kier alpha value is -3.00. The van der Waals surface area contributed by atoms with Crippen LogP contribution in [0, 0.1) is 25.2 Å². The first-order chi connectivity index (χ1) is 12.2. The summed E-state index contributed by atoms with van der Waals surface area (Å²) in [5.41, 5.74) is 5.44. The van der Waals surface area contributed by atoms with Gasteiger partial charge in [0.15, 0.2) is 11.5 Å². The Morgan fingerprint density at radius 1 is 0.960 bits per heavy atom. The van der Waals surface area contributed by atoms with Crippen LogP contribution in [0.3, 0.4) is 0 Å². The largest absolute Gasteiger partial charge is 0.368 e. The molecule has 0 N–H and O–H groups in total. The van der Waals surface area contributed by atoms with Crippen LogP contribution in [-0.4, -0.2) is 35.6 Å². The zero-order valence-electron chi connectivity index (χ0n) is 14.6. The third-order valence-corrected chi connectivity index (χ3v) is 5.11. The van der Waals surface area contributed by atoms with Gasteiger partial charge >= 0.3 is 0 Å². The molecule has 0 spiro atoms. The van der Waals surface area contributed by atoms with E-state index in [0.29, 0.717) is 5.69 Å². The van der Waals surface area contributed by atoms with E-state index in [1.165, 1.54) is 16.8 Å². The predicted octanol–water partition coefficient (Wildman–Crippen LogP) is 3.15. The highest BCUT2D eigenvalue weighted by atomic mass is 15.3. The number of anilines is 2. The van der Waals surface area contributed by atoms with Gasteiger partial charge in [0.1, 0.15) is 11.7 Å². The van der Waals surface area contributed by atoms with E-state index in [2.05, 4.69) is 52.9 Å². The summed E-state index contributed by atoms with van der Waals surface area (Å²) < 4.78 is 1.87. The Balaban J connectivity index is 1.58. The maximum Gasteiger partial charge on any atom is 0.169 e. The first kappa shape index (κ1) is 15.5. The lowest BCUT2D eigenvalue weighted by Gasteiger charge is -2.37. The summed E-state index contributed by atoms with van der Waals surface area (Å²) in [4.78, 5) is 9.35. The first-order valence-corrected chi connectivity index (χ1v) is 8.62. The van der Waals surface area contributed by atoms with Crippen molar-refractivity contribution >= 4 is 17.2 Å². The lowest BCUT2D eigenvalue weighted by Crippen LogP contribution is -2.47. The van der Waals surface area contributed by atoms with Crippen molar-refractivity contribution in [3.63, 3.8) is 0 Å². The Morgan fingerprint density at radius 3 is 2.48 bits per heavy atom. The molecule has 1 aromatic carbocycles. The molecule has 5 nitrogen and oxygen atoms in total. The molecule has 3 aromatic rings. The van der Waals surface area contributed by atoms with Crippen molar-refractivity contribution in [2.75, 3.05) is 36.0 Å². The molecule has 0 aliphatic carbocycles. The normalized spacial score (nSPS) is 14.8. The molecule has 0 atom stereocenters. The number of nitriles is 1. The highest BCUT2D eigenvalue weighted by Crippen LogP contribution is 2.26. The smallest absolute Gasteiger partial charge is 0.169 e. The lowest BCUT2D eigenvalue weighted by atomic mass is 10.1. The van der Waals surface area contributed by atoms with Crippen molar-refractivity contribution in [3.05, 3.63) is 59.4 Å². The van der Waals surface area contributed by atoms with Crippen LogP contribution in [0.5, 0.6) is 0 Å². The number of nitrogens with zero attached hydrogens (tertiary/aromatic N) is 5. The second kappa shape index (κ2) is 6.14. The summed E-state index contributed by atoms with van der Waals surface area (Å²) in [6.07, 6.45) is 1.90. The minimum absolute atomic E-state index is 0.621. The molecule has 1 aliphatic rings. The fraction of sp³-hybridized carbons (Fsp3) is 0.300. The maximum atomic E-state index is 9.58. The third-order valence-electron chi connectivity index (χ3n) is 5.11. The third kappa shape index (κ3) is 2.60. The number of benzene rings is 1. The summed E-state index contributed by atoms with van der Waals surface area (Å²) in [7, 11) is 0. The zero-order chi connectivity index (χ0) is 17.4. The summed E-state index contributed by atoms with van der Waals surface area (Å²) in [5.74, 6) is 0.800. The molecular weight excluding hydrogens is 310 g/mol. The Labute approximate surface area is 147 Å². The number of aryl methyl sites for hydroxylation is 1. The SMILES string of the molecule is Cc1cccc(N2CCN(c3nc4ccccn4c3C#N)CC2)c1C. The van der Waals surface area contributed by atoms with E-state index < -0.39 is 0 Å². The number of rotatable bonds is 2. The van der Waals surface area contributed by atoms with Crippen LogP contribution >= 0.6 is 0 Å². The standard InChI is InChI=1S/C20H21N5/c1-15-6-5-7-17(16(15)2)23-10-12-24(13-11-23)20-18(14-21)25-9-4-3-8-19(25)22-20/h3-9H,10-13H2,1-2H3. The minimum atomic E-state index is 0.621. The van der Waals surface area contributed by atoms with E-state index in [4.69, 9.17) is 0 Å². The molecule has 3 heterocycles. The van der Waals surface area contributed by atoms with E-state index in [1.807, 2.05) is 28.8 Å². The molecule has 4 rings (SSSR count). The Morgan fingerprint density at radius 2 is 1.72 bits per heavy atom. The van der Waals surface area contributed by atoms with Crippen molar-refractivity contribution in [2.24, 2.45) is 0 Å². The minimum Gasteiger partial charge on any atom is -0.368 e.